The Balaban J connectivity index is 0.731. The summed E-state index contributed by atoms with van der Waals surface area (Å²) in [5.74, 6) is 0.667. The first-order valence-corrected chi connectivity index (χ1v) is 27.9. The number of esters is 1. The molecule has 0 aliphatic carbocycles. The van der Waals surface area contributed by atoms with E-state index >= 15 is 0 Å². The Kier molecular flexibility index (Phi) is 30.4. The third-order valence-corrected chi connectivity index (χ3v) is 13.5. The number of carbonyl (C=O) groups excluding carboxylic acids is 1. The molecule has 0 saturated carbocycles. The number of nitrogens with two attached hydrogens (primary N) is 1. The quantitative estimate of drug-likeness (QED) is 0.0222. The average Bonchev–Trinajstić information content (AvgIpc) is 3.44. The van der Waals surface area contributed by atoms with Crippen molar-refractivity contribution in [2.24, 2.45) is 4.99 Å². The minimum atomic E-state index is -3.79. The van der Waals surface area contributed by atoms with Gasteiger partial charge in [0.1, 0.15) is 11.9 Å². The number of rotatable bonds is 42. The summed E-state index contributed by atoms with van der Waals surface area (Å²) < 4.78 is 89.0. The van der Waals surface area contributed by atoms with Crippen LogP contribution in [0.1, 0.15) is 43.7 Å². The van der Waals surface area contributed by atoms with Gasteiger partial charge in [-0.2, -0.15) is 9.57 Å². The Morgan fingerprint density at radius 3 is 1.77 bits per heavy atom. The van der Waals surface area contributed by atoms with E-state index in [0.717, 1.165) is 59.0 Å². The number of guanidine groups is 1. The van der Waals surface area contributed by atoms with Crippen LogP contribution in [0.15, 0.2) is 82.7 Å². The third kappa shape index (κ3) is 24.4. The molecule has 22 heteroatoms. The summed E-state index contributed by atoms with van der Waals surface area (Å²) in [5.41, 5.74) is 11.0. The topological polar surface area (TPSA) is 255 Å². The van der Waals surface area contributed by atoms with Crippen LogP contribution in [-0.4, -0.2) is 195 Å². The number of benzene rings is 3. The zero-order chi connectivity index (χ0) is 54.6. The SMILES string of the molecule is CCCCCc1cc2ccc(-c3cccc(S(=O)(=O)N4CC(OC(=O)CCOCCOCCOCCOCCOCCOCCOCCOCCOCCOCC/N=C(\NC)Nc5cccc(C#N)c5)C4)c3)cc2nc1N. The molecule has 1 aliphatic heterocycles. The number of ether oxygens (including phenoxy) is 11. The average molecular weight is 1090 g/mol. The molecular weight excluding hydrogens is 1010 g/mol. The van der Waals surface area contributed by atoms with Gasteiger partial charge in [0.15, 0.2) is 5.96 Å². The lowest BCUT2D eigenvalue weighted by molar-refractivity contribution is -0.155. The number of anilines is 2. The van der Waals surface area contributed by atoms with Crippen molar-refractivity contribution in [3.8, 4) is 17.2 Å². The smallest absolute Gasteiger partial charge is 0.308 e. The zero-order valence-electron chi connectivity index (χ0n) is 44.8. The largest absolute Gasteiger partial charge is 0.459 e. The summed E-state index contributed by atoms with van der Waals surface area (Å²) in [6, 6.07) is 24.1. The molecule has 4 N–H and O–H groups in total. The molecule has 0 unspecified atom stereocenters. The molecule has 21 nitrogen and oxygen atoms in total. The van der Waals surface area contributed by atoms with Crippen molar-refractivity contribution in [3.63, 3.8) is 0 Å². The van der Waals surface area contributed by atoms with E-state index in [0.29, 0.717) is 149 Å². The third-order valence-electron chi connectivity index (χ3n) is 11.7. The summed E-state index contributed by atoms with van der Waals surface area (Å²) in [7, 11) is -2.02. The maximum atomic E-state index is 13.5. The molecule has 5 rings (SSSR count). The van der Waals surface area contributed by atoms with E-state index < -0.39 is 22.1 Å². The molecule has 0 bridgehead atoms. The molecule has 0 amide bonds. The Hall–Kier alpha value is -5.39. The molecule has 1 aliphatic rings. The molecule has 1 saturated heterocycles. The number of hydrogen-bond acceptors (Lipinski definition) is 18. The van der Waals surface area contributed by atoms with Crippen LogP contribution >= 0.6 is 0 Å². The van der Waals surface area contributed by atoms with Crippen molar-refractivity contribution in [1.29, 1.82) is 5.26 Å². The van der Waals surface area contributed by atoms with Gasteiger partial charge in [0.2, 0.25) is 10.0 Å². The van der Waals surface area contributed by atoms with Gasteiger partial charge in [0, 0.05) is 18.1 Å². The minimum absolute atomic E-state index is 0.0475. The maximum Gasteiger partial charge on any atom is 0.308 e. The molecule has 1 fully saturated rings. The van der Waals surface area contributed by atoms with E-state index in [4.69, 9.17) is 63.1 Å². The number of nitrogens with zero attached hydrogens (tertiary/aromatic N) is 4. The van der Waals surface area contributed by atoms with Gasteiger partial charge in [-0.25, -0.2) is 13.4 Å². The van der Waals surface area contributed by atoms with Crippen LogP contribution in [0.3, 0.4) is 0 Å². The number of fused-ring (bicyclic) bond motifs is 1. The van der Waals surface area contributed by atoms with Crippen molar-refractivity contribution in [2.45, 2.75) is 50.0 Å². The number of aromatic nitrogens is 1. The van der Waals surface area contributed by atoms with Crippen LogP contribution in [0.2, 0.25) is 0 Å². The lowest BCUT2D eigenvalue weighted by Gasteiger charge is -2.37. The molecule has 0 atom stereocenters. The molecule has 4 aromatic rings. The van der Waals surface area contributed by atoms with Gasteiger partial charge in [-0.3, -0.25) is 9.79 Å². The van der Waals surface area contributed by atoms with Crippen LogP contribution in [-0.2, 0) is 73.3 Å². The first-order valence-electron chi connectivity index (χ1n) is 26.5. The number of sulfonamides is 1. The molecule has 77 heavy (non-hydrogen) atoms. The van der Waals surface area contributed by atoms with Gasteiger partial charge in [0.25, 0.3) is 0 Å². The number of aryl methyl sites for hydroxylation is 1. The highest BCUT2D eigenvalue weighted by Crippen LogP contribution is 2.30. The molecular formula is C55H79N7O14S. The van der Waals surface area contributed by atoms with Crippen molar-refractivity contribution in [2.75, 3.05) is 170 Å². The van der Waals surface area contributed by atoms with Crippen molar-refractivity contribution in [1.82, 2.24) is 14.6 Å². The summed E-state index contributed by atoms with van der Waals surface area (Å²) in [6.45, 7) is 11.3. The normalized spacial score (nSPS) is 13.2. The number of nitriles is 1. The van der Waals surface area contributed by atoms with E-state index in [-0.39, 0.29) is 31.0 Å². The molecule has 1 aromatic heterocycles. The Labute approximate surface area is 454 Å². The number of hydrogen-bond donors (Lipinski definition) is 3. The van der Waals surface area contributed by atoms with E-state index in [1.807, 2.05) is 36.4 Å². The predicted molar refractivity (Wildman–Crippen MR) is 292 cm³/mol. The fraction of sp³-hybridized carbons (Fsp3) is 0.564. The number of nitrogen functional groups attached to an aromatic ring is 1. The van der Waals surface area contributed by atoms with Gasteiger partial charge < -0.3 is 68.5 Å². The highest BCUT2D eigenvalue weighted by molar-refractivity contribution is 7.89. The van der Waals surface area contributed by atoms with Crippen LogP contribution < -0.4 is 16.4 Å². The van der Waals surface area contributed by atoms with E-state index in [2.05, 4.69) is 39.7 Å². The number of carbonyl (C=O) groups is 1. The van der Waals surface area contributed by atoms with E-state index in [1.165, 1.54) is 4.31 Å². The van der Waals surface area contributed by atoms with Gasteiger partial charge in [0.05, 0.1) is 180 Å². The second-order valence-electron chi connectivity index (χ2n) is 17.5. The summed E-state index contributed by atoms with van der Waals surface area (Å²) in [5, 5.41) is 16.2. The fourth-order valence-corrected chi connectivity index (χ4v) is 9.07. The van der Waals surface area contributed by atoms with Crippen molar-refractivity contribution in [3.05, 3.63) is 83.9 Å². The lowest BCUT2D eigenvalue weighted by Crippen LogP contribution is -2.55. The number of nitrogens with one attached hydrogen (secondary N) is 2. The summed E-state index contributed by atoms with van der Waals surface area (Å²) >= 11 is 0. The van der Waals surface area contributed by atoms with Crippen LogP contribution in [0.25, 0.3) is 22.0 Å². The summed E-state index contributed by atoms with van der Waals surface area (Å²) in [6.07, 6.45) is 3.76. The van der Waals surface area contributed by atoms with E-state index in [1.54, 1.807) is 37.4 Å². The number of pyridine rings is 1. The maximum absolute atomic E-state index is 13.5. The second kappa shape index (κ2) is 37.4. The Bertz CT molecular complexity index is 2490. The highest BCUT2D eigenvalue weighted by Gasteiger charge is 2.39. The number of aliphatic imine (C=N–C) groups is 1. The molecule has 424 valence electrons. The Morgan fingerprint density at radius 2 is 1.22 bits per heavy atom. The van der Waals surface area contributed by atoms with Crippen molar-refractivity contribution >= 4 is 44.4 Å². The number of unbranched alkanes of at least 4 members (excludes halogenated alkanes) is 2. The van der Waals surface area contributed by atoms with Gasteiger partial charge in [-0.15, -0.1) is 0 Å². The van der Waals surface area contributed by atoms with Gasteiger partial charge in [-0.1, -0.05) is 50.1 Å². The Morgan fingerprint density at radius 1 is 0.688 bits per heavy atom. The monoisotopic (exact) mass is 1090 g/mol. The predicted octanol–water partition coefficient (Wildman–Crippen LogP) is 5.25. The standard InChI is InChI=1S/C55H79N7O14S/c1-3-4-5-9-48-38-47-14-13-46(40-52(47)61-54(48)57)45-10-7-12-51(39-45)77(64,65)62-42-50(43-62)76-53(63)15-17-66-19-21-68-23-25-70-27-29-72-31-33-74-35-36-75-34-32-73-30-28-71-26-24-69-22-20-67-18-16-59-55(58-2)60-49-11-6-8-44(37-49)41-56/h6-8,10-14,37-40,50H,3-5,9,15-36,42-43H2,1-2H3,(H2,57,61)(H2,58,59,60). The zero-order valence-corrected chi connectivity index (χ0v) is 45.6. The highest BCUT2D eigenvalue weighted by atomic mass is 32.2. The van der Waals surface area contributed by atoms with Crippen LogP contribution in [0.5, 0.6) is 0 Å². The van der Waals surface area contributed by atoms with Crippen LogP contribution in [0.4, 0.5) is 11.5 Å². The van der Waals surface area contributed by atoms with Crippen LogP contribution in [0, 0.1) is 11.3 Å². The van der Waals surface area contributed by atoms with E-state index in [9.17, 15) is 13.2 Å². The molecule has 3 aromatic carbocycles. The second-order valence-corrected chi connectivity index (χ2v) is 19.5. The minimum Gasteiger partial charge on any atom is -0.459 e. The summed E-state index contributed by atoms with van der Waals surface area (Å²) in [4.78, 5) is 21.6. The first kappa shape index (κ1) is 62.5. The lowest BCUT2D eigenvalue weighted by atomic mass is 10.0. The molecule has 0 radical (unpaired) electrons. The molecule has 2 heterocycles. The van der Waals surface area contributed by atoms with Gasteiger partial charge in [-0.05, 0) is 72.0 Å². The van der Waals surface area contributed by atoms with Crippen molar-refractivity contribution < 1.29 is 65.3 Å². The fourth-order valence-electron chi connectivity index (χ4n) is 7.52. The molecule has 0 spiro atoms. The first-order chi connectivity index (χ1) is 37.7. The van der Waals surface area contributed by atoms with Gasteiger partial charge >= 0.3 is 5.97 Å².